The summed E-state index contributed by atoms with van der Waals surface area (Å²) in [6.45, 7) is -0.644. The lowest BCUT2D eigenvalue weighted by molar-refractivity contribution is -0.384. The highest BCUT2D eigenvalue weighted by molar-refractivity contribution is 6.00. The van der Waals surface area contributed by atoms with Gasteiger partial charge in [0.25, 0.3) is 5.91 Å². The number of nitrogens with one attached hydrogen (secondary N) is 2. The number of aromatic nitrogens is 1. The Bertz CT molecular complexity index is 1060. The molecule has 1 saturated heterocycles. The fraction of sp³-hybridized carbons (Fsp3) is 0.696. The molecular weight excluding hydrogens is 538 g/mol. The van der Waals surface area contributed by atoms with Gasteiger partial charge < -0.3 is 20.4 Å². The van der Waals surface area contributed by atoms with Crippen molar-refractivity contribution in [3.05, 3.63) is 21.7 Å². The topological polar surface area (TPSA) is 121 Å². The minimum absolute atomic E-state index is 0.0457. The van der Waals surface area contributed by atoms with Gasteiger partial charge in [0.1, 0.15) is 5.82 Å². The number of hydrogen-bond acceptors (Lipinski definition) is 7. The number of carbonyl (C=O) groups excluding carboxylic acids is 2. The van der Waals surface area contributed by atoms with Crippen molar-refractivity contribution in [2.75, 3.05) is 43.9 Å². The lowest BCUT2D eigenvalue weighted by Crippen LogP contribution is -2.42. The molecule has 10 nitrogen and oxygen atoms in total. The van der Waals surface area contributed by atoms with Crippen LogP contribution in [0.25, 0.3) is 0 Å². The third-order valence-corrected chi connectivity index (χ3v) is 7.11. The van der Waals surface area contributed by atoms with Crippen molar-refractivity contribution in [1.82, 2.24) is 15.2 Å². The first kappa shape index (κ1) is 30.2. The highest BCUT2D eigenvalue weighted by Gasteiger charge is 2.43. The lowest BCUT2D eigenvalue weighted by atomic mass is 9.85. The van der Waals surface area contributed by atoms with Gasteiger partial charge in [-0.1, -0.05) is 0 Å². The van der Waals surface area contributed by atoms with Crippen LogP contribution in [-0.4, -0.2) is 78.7 Å². The largest absolute Gasteiger partial charge is 0.391 e. The van der Waals surface area contributed by atoms with Crippen LogP contribution < -0.4 is 15.5 Å². The third kappa shape index (κ3) is 7.62. The molecule has 1 saturated carbocycles. The minimum Gasteiger partial charge on any atom is -0.356 e. The van der Waals surface area contributed by atoms with Gasteiger partial charge in [0, 0.05) is 39.3 Å². The Balaban J connectivity index is 1.90. The molecule has 16 heteroatoms. The zero-order chi connectivity index (χ0) is 29.1. The van der Waals surface area contributed by atoms with Crippen LogP contribution in [0.3, 0.4) is 0 Å². The first-order valence-electron chi connectivity index (χ1n) is 12.4. The summed E-state index contributed by atoms with van der Waals surface area (Å²) in [6, 6.07) is 0.312. The van der Waals surface area contributed by atoms with E-state index in [1.807, 2.05) is 0 Å². The molecule has 0 atom stereocenters. The van der Waals surface area contributed by atoms with Crippen molar-refractivity contribution >= 4 is 29.1 Å². The zero-order valence-electron chi connectivity index (χ0n) is 21.4. The monoisotopic (exact) mass is 568 g/mol. The normalized spacial score (nSPS) is 20.9. The third-order valence-electron chi connectivity index (χ3n) is 7.11. The van der Waals surface area contributed by atoms with Crippen LogP contribution in [0.1, 0.15) is 48.9 Å². The van der Waals surface area contributed by atoms with Crippen LogP contribution in [0.4, 0.5) is 43.7 Å². The van der Waals surface area contributed by atoms with E-state index < -0.39 is 52.7 Å². The summed E-state index contributed by atoms with van der Waals surface area (Å²) in [5.74, 6) is -4.75. The molecular formula is C23H30F6N6O4. The molecule has 2 N–H and O–H groups in total. The summed E-state index contributed by atoms with van der Waals surface area (Å²) in [7, 11) is 2.94. The van der Waals surface area contributed by atoms with E-state index >= 15 is 0 Å². The number of likely N-dealkylation sites (N-methyl/N-ethyl adjacent to an activating group) is 1. The number of rotatable bonds is 7. The van der Waals surface area contributed by atoms with E-state index in [4.69, 9.17) is 0 Å². The van der Waals surface area contributed by atoms with E-state index in [1.165, 1.54) is 23.9 Å². The van der Waals surface area contributed by atoms with Crippen LogP contribution in [0, 0.1) is 22.0 Å². The van der Waals surface area contributed by atoms with Crippen molar-refractivity contribution in [2.45, 2.75) is 56.9 Å². The number of nitro groups is 1. The molecule has 2 aliphatic rings. The van der Waals surface area contributed by atoms with Gasteiger partial charge in [-0.15, -0.1) is 0 Å². The molecule has 0 aromatic carbocycles. The summed E-state index contributed by atoms with van der Waals surface area (Å²) in [4.78, 5) is 43.1. The summed E-state index contributed by atoms with van der Waals surface area (Å²) in [6.07, 6.45) is -9.59. The van der Waals surface area contributed by atoms with Crippen LogP contribution in [0.5, 0.6) is 0 Å². The van der Waals surface area contributed by atoms with Crippen LogP contribution in [0.15, 0.2) is 6.07 Å². The Morgan fingerprint density at radius 3 is 2.05 bits per heavy atom. The van der Waals surface area contributed by atoms with Gasteiger partial charge in [0.05, 0.1) is 28.9 Å². The maximum atomic E-state index is 13.2. The number of anilines is 2. The molecule has 0 bridgehead atoms. The summed E-state index contributed by atoms with van der Waals surface area (Å²) in [5, 5.41) is 17.0. The molecule has 3 rings (SSSR count). The number of hydrogen-bond donors (Lipinski definition) is 2. The maximum absolute atomic E-state index is 13.2. The number of pyridine rings is 1. The van der Waals surface area contributed by atoms with E-state index in [0.29, 0.717) is 0 Å². The Kier molecular flexibility index (Phi) is 9.16. The SMILES string of the molecule is CN(C)C(=O)CNc1nc(N2CCC(C(F)(F)F)CC2)c(C(=O)NC2CCC(C(F)(F)F)CC2)cc1[N+](=O)[O-]. The van der Waals surface area contributed by atoms with Crippen molar-refractivity contribution in [1.29, 1.82) is 0 Å². The lowest BCUT2D eigenvalue weighted by Gasteiger charge is -2.35. The van der Waals surface area contributed by atoms with Gasteiger partial charge in [0.2, 0.25) is 11.7 Å². The molecule has 1 aliphatic heterocycles. The molecule has 218 valence electrons. The number of nitrogens with zero attached hydrogens (tertiary/aromatic N) is 4. The van der Waals surface area contributed by atoms with Gasteiger partial charge in [0.15, 0.2) is 0 Å². The van der Waals surface area contributed by atoms with Crippen molar-refractivity contribution in [3.8, 4) is 0 Å². The first-order valence-corrected chi connectivity index (χ1v) is 12.4. The molecule has 0 spiro atoms. The van der Waals surface area contributed by atoms with Gasteiger partial charge in [-0.2, -0.15) is 26.3 Å². The second-order valence-electron chi connectivity index (χ2n) is 9.99. The Morgan fingerprint density at radius 1 is 1.03 bits per heavy atom. The predicted molar refractivity (Wildman–Crippen MR) is 128 cm³/mol. The van der Waals surface area contributed by atoms with Crippen molar-refractivity contribution in [2.24, 2.45) is 11.8 Å². The van der Waals surface area contributed by atoms with Crippen molar-refractivity contribution in [3.63, 3.8) is 0 Å². The Morgan fingerprint density at radius 2 is 1.56 bits per heavy atom. The molecule has 0 unspecified atom stereocenters. The van der Waals surface area contributed by atoms with Gasteiger partial charge in [-0.3, -0.25) is 19.7 Å². The van der Waals surface area contributed by atoms with Crippen LogP contribution >= 0.6 is 0 Å². The van der Waals surface area contributed by atoms with Gasteiger partial charge in [-0.05, 0) is 38.5 Å². The minimum atomic E-state index is -4.40. The van der Waals surface area contributed by atoms with Crippen molar-refractivity contribution < 1.29 is 40.9 Å². The van der Waals surface area contributed by atoms with E-state index in [0.717, 1.165) is 6.07 Å². The van der Waals surface area contributed by atoms with E-state index in [-0.39, 0.29) is 75.4 Å². The molecule has 1 aromatic rings. The molecule has 2 fully saturated rings. The standard InChI is InChI=1S/C23H30F6N6O4/c1-33(2)18(36)12-30-19-17(35(38)39)11-16(20(32-19)34-9-7-14(8-10-34)23(27,28)29)21(37)31-15-5-3-13(4-6-15)22(24,25)26/h11,13-15H,3-10,12H2,1-2H3,(H,30,32)(H,31,37). The second kappa shape index (κ2) is 11.8. The summed E-state index contributed by atoms with van der Waals surface area (Å²) >= 11 is 0. The molecule has 2 amide bonds. The quantitative estimate of drug-likeness (QED) is 0.289. The number of alkyl halides is 6. The number of carbonyl (C=O) groups is 2. The number of piperidine rings is 1. The zero-order valence-corrected chi connectivity index (χ0v) is 21.4. The summed E-state index contributed by atoms with van der Waals surface area (Å²) < 4.78 is 78.6. The smallest absolute Gasteiger partial charge is 0.356 e. The molecule has 2 heterocycles. The van der Waals surface area contributed by atoms with E-state index in [1.54, 1.807) is 0 Å². The molecule has 0 radical (unpaired) electrons. The Labute approximate surface area is 220 Å². The summed E-state index contributed by atoms with van der Waals surface area (Å²) in [5.41, 5.74) is -0.920. The molecule has 1 aliphatic carbocycles. The number of amides is 2. The highest BCUT2D eigenvalue weighted by atomic mass is 19.4. The van der Waals surface area contributed by atoms with E-state index in [2.05, 4.69) is 15.6 Å². The maximum Gasteiger partial charge on any atom is 0.391 e. The fourth-order valence-electron chi connectivity index (χ4n) is 4.73. The molecule has 1 aromatic heterocycles. The fourth-order valence-corrected chi connectivity index (χ4v) is 4.73. The molecule has 39 heavy (non-hydrogen) atoms. The average molecular weight is 569 g/mol. The Hall–Kier alpha value is -3.33. The van der Waals surface area contributed by atoms with E-state index in [9.17, 15) is 46.0 Å². The number of halogens is 6. The predicted octanol–water partition coefficient (Wildman–Crippen LogP) is 4.12. The van der Waals surface area contributed by atoms with Crippen LogP contribution in [0.2, 0.25) is 0 Å². The average Bonchev–Trinajstić information content (AvgIpc) is 2.85. The highest BCUT2D eigenvalue weighted by Crippen LogP contribution is 2.39. The van der Waals surface area contributed by atoms with Gasteiger partial charge in [-0.25, -0.2) is 4.98 Å². The van der Waals surface area contributed by atoms with Gasteiger partial charge >= 0.3 is 18.0 Å². The first-order chi connectivity index (χ1) is 18.1. The second-order valence-corrected chi connectivity index (χ2v) is 9.99. The van der Waals surface area contributed by atoms with Crippen LogP contribution in [-0.2, 0) is 4.79 Å².